The first kappa shape index (κ1) is 18.8. The SMILES string of the molecule is COc1ccc2c(COC(=O)CS[C@@H]3CCS(=O)(=O)C3)cc(=O)oc2c1. The van der Waals surface area contributed by atoms with Crippen molar-refractivity contribution >= 4 is 38.5 Å². The first-order valence-corrected chi connectivity index (χ1v) is 10.8. The quantitative estimate of drug-likeness (QED) is 0.536. The van der Waals surface area contributed by atoms with E-state index < -0.39 is 21.4 Å². The monoisotopic (exact) mass is 398 g/mol. The molecule has 1 aliphatic rings. The number of esters is 1. The number of carbonyl (C=O) groups excluding carboxylic acids is 1. The average molecular weight is 398 g/mol. The van der Waals surface area contributed by atoms with Crippen LogP contribution >= 0.6 is 11.8 Å². The van der Waals surface area contributed by atoms with Crippen molar-refractivity contribution in [3.8, 4) is 5.75 Å². The Bertz CT molecular complexity index is 978. The number of hydrogen-bond donors (Lipinski definition) is 0. The molecule has 26 heavy (non-hydrogen) atoms. The standard InChI is InChI=1S/C17H18O7S2/c1-22-12-2-3-14-11(6-16(18)24-15(14)7-12)8-23-17(19)9-25-13-4-5-26(20,21)10-13/h2-3,6-7,13H,4-5,8-10H2,1H3/t13-/m1/s1. The molecule has 1 saturated heterocycles. The molecule has 1 fully saturated rings. The van der Waals surface area contributed by atoms with Gasteiger partial charge in [-0.1, -0.05) is 0 Å². The van der Waals surface area contributed by atoms with Crippen LogP contribution in [0.3, 0.4) is 0 Å². The zero-order valence-corrected chi connectivity index (χ0v) is 15.7. The van der Waals surface area contributed by atoms with Crippen LogP contribution < -0.4 is 10.4 Å². The van der Waals surface area contributed by atoms with Crippen molar-refractivity contribution in [3.05, 3.63) is 40.2 Å². The lowest BCUT2D eigenvalue weighted by molar-refractivity contribution is -0.141. The molecule has 1 atom stereocenters. The van der Waals surface area contributed by atoms with Crippen molar-refractivity contribution in [2.24, 2.45) is 0 Å². The number of thioether (sulfide) groups is 1. The van der Waals surface area contributed by atoms with Gasteiger partial charge in [0.05, 0.1) is 24.4 Å². The summed E-state index contributed by atoms with van der Waals surface area (Å²) < 4.78 is 38.3. The van der Waals surface area contributed by atoms with Crippen molar-refractivity contribution in [3.63, 3.8) is 0 Å². The molecular formula is C17H18O7S2. The highest BCUT2D eigenvalue weighted by molar-refractivity contribution is 8.02. The number of carbonyl (C=O) groups is 1. The largest absolute Gasteiger partial charge is 0.497 e. The molecule has 7 nitrogen and oxygen atoms in total. The van der Waals surface area contributed by atoms with Gasteiger partial charge in [0, 0.05) is 28.3 Å². The molecule has 0 N–H and O–H groups in total. The maximum absolute atomic E-state index is 11.9. The number of rotatable bonds is 6. The topological polar surface area (TPSA) is 99.9 Å². The first-order chi connectivity index (χ1) is 12.4. The number of ether oxygens (including phenoxy) is 2. The summed E-state index contributed by atoms with van der Waals surface area (Å²) in [5.41, 5.74) is 0.358. The van der Waals surface area contributed by atoms with Crippen molar-refractivity contribution in [1.82, 2.24) is 0 Å². The van der Waals surface area contributed by atoms with Crippen molar-refractivity contribution < 1.29 is 27.1 Å². The van der Waals surface area contributed by atoms with E-state index in [-0.39, 0.29) is 29.1 Å². The van der Waals surface area contributed by atoms with Gasteiger partial charge < -0.3 is 13.9 Å². The predicted octanol–water partition coefficient (Wildman–Crippen LogP) is 1.77. The fourth-order valence-electron chi connectivity index (χ4n) is 2.73. The third-order valence-corrected chi connectivity index (χ3v) is 7.31. The van der Waals surface area contributed by atoms with Gasteiger partial charge in [0.2, 0.25) is 0 Å². The minimum Gasteiger partial charge on any atom is -0.497 e. The van der Waals surface area contributed by atoms with Gasteiger partial charge >= 0.3 is 11.6 Å². The predicted molar refractivity (Wildman–Crippen MR) is 98.3 cm³/mol. The van der Waals surface area contributed by atoms with E-state index in [2.05, 4.69) is 0 Å². The molecule has 2 heterocycles. The summed E-state index contributed by atoms with van der Waals surface area (Å²) in [4.78, 5) is 23.6. The maximum Gasteiger partial charge on any atom is 0.336 e. The Hall–Kier alpha value is -2.00. The van der Waals surface area contributed by atoms with Gasteiger partial charge in [-0.15, -0.1) is 11.8 Å². The maximum atomic E-state index is 11.9. The molecule has 0 aliphatic carbocycles. The highest BCUT2D eigenvalue weighted by Gasteiger charge is 2.28. The lowest BCUT2D eigenvalue weighted by Gasteiger charge is -2.09. The molecule has 3 rings (SSSR count). The van der Waals surface area contributed by atoms with E-state index >= 15 is 0 Å². The lowest BCUT2D eigenvalue weighted by atomic mass is 10.1. The first-order valence-electron chi connectivity index (χ1n) is 7.95. The van der Waals surface area contributed by atoms with E-state index in [1.165, 1.54) is 24.9 Å². The molecule has 1 aromatic heterocycles. The summed E-state index contributed by atoms with van der Waals surface area (Å²) in [5, 5.41) is 0.595. The average Bonchev–Trinajstić information content (AvgIpc) is 2.96. The molecule has 1 aromatic carbocycles. The summed E-state index contributed by atoms with van der Waals surface area (Å²) in [6.07, 6.45) is 0.562. The Kier molecular flexibility index (Phi) is 5.57. The molecule has 0 spiro atoms. The highest BCUT2D eigenvalue weighted by atomic mass is 32.2. The second kappa shape index (κ2) is 7.71. The van der Waals surface area contributed by atoms with E-state index in [1.54, 1.807) is 18.2 Å². The molecule has 0 unspecified atom stereocenters. The van der Waals surface area contributed by atoms with Crippen LogP contribution in [0.4, 0.5) is 0 Å². The molecule has 1 aliphatic heterocycles. The minimum atomic E-state index is -2.96. The molecule has 0 bridgehead atoms. The van der Waals surface area contributed by atoms with Crippen LogP contribution in [0, 0.1) is 0 Å². The van der Waals surface area contributed by atoms with E-state index in [0.29, 0.717) is 28.7 Å². The molecule has 2 aromatic rings. The fraction of sp³-hybridized carbons (Fsp3) is 0.412. The number of methoxy groups -OCH3 is 1. The van der Waals surface area contributed by atoms with Crippen LogP contribution in [0.1, 0.15) is 12.0 Å². The molecule has 9 heteroatoms. The minimum absolute atomic E-state index is 0.0587. The van der Waals surface area contributed by atoms with Crippen molar-refractivity contribution in [2.45, 2.75) is 18.3 Å². The van der Waals surface area contributed by atoms with Gasteiger partial charge in [-0.2, -0.15) is 0 Å². The van der Waals surface area contributed by atoms with Gasteiger partial charge in [0.1, 0.15) is 17.9 Å². The van der Waals surface area contributed by atoms with Gasteiger partial charge in [-0.3, -0.25) is 4.79 Å². The van der Waals surface area contributed by atoms with Crippen LogP contribution in [0.2, 0.25) is 0 Å². The Morgan fingerprint density at radius 2 is 2.15 bits per heavy atom. The number of benzene rings is 1. The van der Waals surface area contributed by atoms with Crippen LogP contribution in [-0.2, 0) is 26.0 Å². The lowest BCUT2D eigenvalue weighted by Crippen LogP contribution is -2.13. The highest BCUT2D eigenvalue weighted by Crippen LogP contribution is 2.25. The Morgan fingerprint density at radius 1 is 1.35 bits per heavy atom. The number of fused-ring (bicyclic) bond motifs is 1. The van der Waals surface area contributed by atoms with Gasteiger partial charge in [-0.25, -0.2) is 13.2 Å². The molecular weight excluding hydrogens is 380 g/mol. The van der Waals surface area contributed by atoms with Crippen LogP contribution in [0.15, 0.2) is 33.5 Å². The Morgan fingerprint density at radius 3 is 2.85 bits per heavy atom. The summed E-state index contributed by atoms with van der Waals surface area (Å²) in [7, 11) is -1.45. The van der Waals surface area contributed by atoms with Crippen LogP contribution in [0.25, 0.3) is 11.0 Å². The van der Waals surface area contributed by atoms with Gasteiger partial charge in [0.15, 0.2) is 9.84 Å². The van der Waals surface area contributed by atoms with Crippen LogP contribution in [-0.4, -0.2) is 44.0 Å². The van der Waals surface area contributed by atoms with Crippen molar-refractivity contribution in [1.29, 1.82) is 0 Å². The second-order valence-corrected chi connectivity index (χ2v) is 9.47. The molecule has 0 radical (unpaired) electrons. The third kappa shape index (κ3) is 4.59. The zero-order chi connectivity index (χ0) is 18.7. The summed E-state index contributed by atoms with van der Waals surface area (Å²) in [6, 6.07) is 6.35. The molecule has 140 valence electrons. The number of sulfone groups is 1. The van der Waals surface area contributed by atoms with Gasteiger partial charge in [-0.05, 0) is 18.6 Å². The van der Waals surface area contributed by atoms with E-state index in [1.807, 2.05) is 0 Å². The van der Waals surface area contributed by atoms with Crippen molar-refractivity contribution in [2.75, 3.05) is 24.4 Å². The smallest absolute Gasteiger partial charge is 0.336 e. The third-order valence-electron chi connectivity index (χ3n) is 4.05. The summed E-state index contributed by atoms with van der Waals surface area (Å²) >= 11 is 1.29. The van der Waals surface area contributed by atoms with E-state index in [0.717, 1.165) is 0 Å². The van der Waals surface area contributed by atoms with E-state index in [9.17, 15) is 18.0 Å². The summed E-state index contributed by atoms with van der Waals surface area (Å²) in [5.74, 6) is 0.464. The normalized spacial score (nSPS) is 18.7. The Labute approximate surface area is 154 Å². The molecule has 0 amide bonds. The summed E-state index contributed by atoms with van der Waals surface area (Å²) in [6.45, 7) is -0.0587. The van der Waals surface area contributed by atoms with E-state index in [4.69, 9.17) is 13.9 Å². The second-order valence-electron chi connectivity index (χ2n) is 5.95. The Balaban J connectivity index is 1.62. The molecule has 0 saturated carbocycles. The number of hydrogen-bond acceptors (Lipinski definition) is 8. The fourth-order valence-corrected chi connectivity index (χ4v) is 6.17. The van der Waals surface area contributed by atoms with Crippen LogP contribution in [0.5, 0.6) is 5.75 Å². The zero-order valence-electron chi connectivity index (χ0n) is 14.1. The van der Waals surface area contributed by atoms with Gasteiger partial charge in [0.25, 0.3) is 0 Å².